The fourth-order valence-electron chi connectivity index (χ4n) is 3.68. The van der Waals surface area contributed by atoms with Crippen molar-refractivity contribution in [2.45, 2.75) is 36.6 Å². The molecule has 3 aromatic rings. The van der Waals surface area contributed by atoms with E-state index >= 15 is 0 Å². The van der Waals surface area contributed by atoms with Crippen molar-refractivity contribution in [1.82, 2.24) is 18.7 Å². The third-order valence-corrected chi connectivity index (χ3v) is 6.99. The Balaban J connectivity index is 1.45. The van der Waals surface area contributed by atoms with Gasteiger partial charge in [0.15, 0.2) is 0 Å². The zero-order chi connectivity index (χ0) is 21.5. The van der Waals surface area contributed by atoms with E-state index < -0.39 is 22.7 Å². The van der Waals surface area contributed by atoms with Crippen LogP contribution in [0.2, 0.25) is 0 Å². The number of ether oxygens (including phenoxy) is 1. The molecule has 1 fully saturated rings. The molecule has 0 amide bonds. The maximum Gasteiger partial charge on any atom is 0.406 e. The number of rotatable bonds is 5. The van der Waals surface area contributed by atoms with E-state index in [9.17, 15) is 21.6 Å². The Hall–Kier alpha value is -2.53. The highest BCUT2D eigenvalue weighted by Crippen LogP contribution is 2.31. The summed E-state index contributed by atoms with van der Waals surface area (Å²) in [7, 11) is -1.95. The molecule has 162 valence electrons. The van der Waals surface area contributed by atoms with E-state index in [0.717, 1.165) is 4.57 Å². The Labute approximate surface area is 171 Å². The first kappa shape index (κ1) is 20.7. The third kappa shape index (κ3) is 4.17. The van der Waals surface area contributed by atoms with Crippen LogP contribution in [0.1, 0.15) is 12.8 Å². The molecule has 30 heavy (non-hydrogen) atoms. The summed E-state index contributed by atoms with van der Waals surface area (Å²) in [6.07, 6.45) is 0.623. The van der Waals surface area contributed by atoms with Crippen LogP contribution < -0.4 is 4.74 Å². The van der Waals surface area contributed by atoms with Gasteiger partial charge in [-0.2, -0.15) is 22.6 Å². The van der Waals surface area contributed by atoms with Gasteiger partial charge in [-0.3, -0.25) is 4.68 Å². The molecule has 0 saturated carbocycles. The van der Waals surface area contributed by atoms with Crippen LogP contribution in [0.4, 0.5) is 13.2 Å². The van der Waals surface area contributed by atoms with E-state index in [2.05, 4.69) is 5.10 Å². The summed E-state index contributed by atoms with van der Waals surface area (Å²) < 4.78 is 73.7. The molecule has 4 rings (SSSR count). The lowest BCUT2D eigenvalue weighted by Crippen LogP contribution is -2.41. The van der Waals surface area contributed by atoms with Crippen molar-refractivity contribution in [1.29, 1.82) is 0 Å². The minimum Gasteiger partial charge on any atom is -0.490 e. The van der Waals surface area contributed by atoms with Gasteiger partial charge in [0.05, 0.1) is 11.7 Å². The smallest absolute Gasteiger partial charge is 0.406 e. The lowest BCUT2D eigenvalue weighted by Gasteiger charge is -2.31. The minimum absolute atomic E-state index is 0.153. The molecular formula is C19H21F3N4O3S. The Kier molecular flexibility index (Phi) is 5.27. The van der Waals surface area contributed by atoms with Crippen LogP contribution in [0, 0.1) is 0 Å². The van der Waals surface area contributed by atoms with Crippen LogP contribution in [0.25, 0.3) is 10.9 Å². The molecule has 3 heterocycles. The second kappa shape index (κ2) is 7.62. The van der Waals surface area contributed by atoms with Crippen molar-refractivity contribution >= 4 is 20.9 Å². The number of hydrogen-bond donors (Lipinski definition) is 0. The van der Waals surface area contributed by atoms with Gasteiger partial charge in [0.2, 0.25) is 10.0 Å². The molecule has 0 aliphatic carbocycles. The van der Waals surface area contributed by atoms with Crippen molar-refractivity contribution in [3.63, 3.8) is 0 Å². The zero-order valence-electron chi connectivity index (χ0n) is 16.2. The Bertz CT molecular complexity index is 1150. The predicted octanol–water partition coefficient (Wildman–Crippen LogP) is 3.17. The molecule has 11 heteroatoms. The van der Waals surface area contributed by atoms with E-state index in [1.807, 2.05) is 0 Å². The number of fused-ring (bicyclic) bond motifs is 1. The van der Waals surface area contributed by atoms with Gasteiger partial charge in [-0.25, -0.2) is 8.42 Å². The number of sulfonamides is 1. The standard InChI is InChI=1S/C19H21F3N4O3S/c1-24-12-15(11-23-24)30(27,28)26-9-5-14(6-10-26)29-18-4-2-3-17-16(18)7-8-25(17)13-19(20,21)22/h2-4,7-8,11-12,14H,5-6,9-10,13H2,1H3. The van der Waals surface area contributed by atoms with Crippen molar-refractivity contribution < 1.29 is 26.3 Å². The fraction of sp³-hybridized carbons (Fsp3) is 0.421. The summed E-state index contributed by atoms with van der Waals surface area (Å²) in [5.41, 5.74) is 0.446. The molecule has 0 unspecified atom stereocenters. The van der Waals surface area contributed by atoms with Crippen LogP contribution in [0.5, 0.6) is 5.75 Å². The van der Waals surface area contributed by atoms with Gasteiger partial charge >= 0.3 is 6.18 Å². The van der Waals surface area contributed by atoms with Crippen molar-refractivity contribution in [3.05, 3.63) is 42.9 Å². The normalized spacial score (nSPS) is 16.9. The van der Waals surface area contributed by atoms with Crippen LogP contribution in [-0.2, 0) is 23.6 Å². The van der Waals surface area contributed by atoms with Crippen LogP contribution in [0.3, 0.4) is 0 Å². The van der Waals surface area contributed by atoms with Gasteiger partial charge in [-0.05, 0) is 31.0 Å². The Morgan fingerprint density at radius 3 is 2.57 bits per heavy atom. The van der Waals surface area contributed by atoms with E-state index in [4.69, 9.17) is 4.74 Å². The molecule has 1 aliphatic rings. The summed E-state index contributed by atoms with van der Waals surface area (Å²) in [6.45, 7) is -0.468. The highest BCUT2D eigenvalue weighted by molar-refractivity contribution is 7.89. The van der Waals surface area contributed by atoms with Crippen LogP contribution >= 0.6 is 0 Å². The molecular weight excluding hydrogens is 421 g/mol. The number of alkyl halides is 3. The first-order valence-corrected chi connectivity index (χ1v) is 10.9. The second-order valence-corrected chi connectivity index (χ2v) is 9.26. The van der Waals surface area contributed by atoms with E-state index in [-0.39, 0.29) is 11.0 Å². The molecule has 0 N–H and O–H groups in total. The van der Waals surface area contributed by atoms with E-state index in [1.165, 1.54) is 27.6 Å². The summed E-state index contributed by atoms with van der Waals surface area (Å²) in [5, 5.41) is 4.52. The molecule has 1 aliphatic heterocycles. The van der Waals surface area contributed by atoms with Crippen molar-refractivity contribution in [2.24, 2.45) is 7.05 Å². The average Bonchev–Trinajstić information content (AvgIpc) is 3.29. The highest BCUT2D eigenvalue weighted by atomic mass is 32.2. The number of piperidine rings is 1. The number of benzene rings is 1. The summed E-state index contributed by atoms with van der Waals surface area (Å²) in [6, 6.07) is 6.61. The lowest BCUT2D eigenvalue weighted by atomic mass is 10.1. The van der Waals surface area contributed by atoms with Gasteiger partial charge in [-0.1, -0.05) is 6.07 Å². The zero-order valence-corrected chi connectivity index (χ0v) is 17.0. The topological polar surface area (TPSA) is 69.4 Å². The Morgan fingerprint density at radius 2 is 1.93 bits per heavy atom. The number of hydrogen-bond acceptors (Lipinski definition) is 4. The second-order valence-electron chi connectivity index (χ2n) is 7.32. The van der Waals surface area contributed by atoms with Crippen LogP contribution in [-0.4, -0.2) is 52.4 Å². The first-order valence-electron chi connectivity index (χ1n) is 9.43. The Morgan fingerprint density at radius 1 is 1.20 bits per heavy atom. The number of nitrogens with zero attached hydrogens (tertiary/aromatic N) is 4. The van der Waals surface area contributed by atoms with Crippen molar-refractivity contribution in [3.8, 4) is 5.75 Å². The minimum atomic E-state index is -4.31. The third-order valence-electron chi connectivity index (χ3n) is 5.14. The quantitative estimate of drug-likeness (QED) is 0.609. The average molecular weight is 442 g/mol. The predicted molar refractivity (Wildman–Crippen MR) is 104 cm³/mol. The molecule has 7 nitrogen and oxygen atoms in total. The monoisotopic (exact) mass is 442 g/mol. The van der Waals surface area contributed by atoms with E-state index in [1.54, 1.807) is 31.3 Å². The molecule has 1 aromatic carbocycles. The molecule has 0 spiro atoms. The number of aryl methyl sites for hydroxylation is 1. The molecule has 0 radical (unpaired) electrons. The maximum absolute atomic E-state index is 12.8. The van der Waals surface area contributed by atoms with Gasteiger partial charge in [0, 0.05) is 37.9 Å². The summed E-state index contributed by atoms with van der Waals surface area (Å²) >= 11 is 0. The van der Waals surface area contributed by atoms with Gasteiger partial charge in [0.1, 0.15) is 23.3 Å². The van der Waals surface area contributed by atoms with Gasteiger partial charge in [0.25, 0.3) is 0 Å². The molecule has 2 aromatic heterocycles. The maximum atomic E-state index is 12.8. The molecule has 1 saturated heterocycles. The van der Waals surface area contributed by atoms with Gasteiger partial charge in [-0.15, -0.1) is 0 Å². The molecule has 0 bridgehead atoms. The lowest BCUT2D eigenvalue weighted by molar-refractivity contribution is -0.139. The number of halogens is 3. The first-order chi connectivity index (χ1) is 14.1. The highest BCUT2D eigenvalue weighted by Gasteiger charge is 2.32. The van der Waals surface area contributed by atoms with E-state index in [0.29, 0.717) is 42.6 Å². The van der Waals surface area contributed by atoms with Gasteiger partial charge < -0.3 is 9.30 Å². The largest absolute Gasteiger partial charge is 0.490 e. The van der Waals surface area contributed by atoms with Crippen molar-refractivity contribution in [2.75, 3.05) is 13.1 Å². The molecule has 0 atom stereocenters. The fourth-order valence-corrected chi connectivity index (χ4v) is 5.14. The SMILES string of the molecule is Cn1cc(S(=O)(=O)N2CCC(Oc3cccc4c3ccn4CC(F)(F)F)CC2)cn1. The van der Waals surface area contributed by atoms with Crippen LogP contribution in [0.15, 0.2) is 47.8 Å². The number of aromatic nitrogens is 3. The summed E-state index contributed by atoms with van der Waals surface area (Å²) in [5.74, 6) is 0.502. The summed E-state index contributed by atoms with van der Waals surface area (Å²) in [4.78, 5) is 0.153.